The maximum Gasteiger partial charge on any atom is 0.0821 e. The van der Waals surface area contributed by atoms with Crippen LogP contribution >= 0.6 is 0 Å². The molecule has 0 bridgehead atoms. The van der Waals surface area contributed by atoms with Crippen LogP contribution in [0.3, 0.4) is 0 Å². The maximum atomic E-state index is 10.8. The van der Waals surface area contributed by atoms with Gasteiger partial charge in [-0.3, -0.25) is 0 Å². The number of nitrogens with two attached hydrogens (primary N) is 1. The highest BCUT2D eigenvalue weighted by atomic mass is 16.3. The van der Waals surface area contributed by atoms with E-state index in [2.05, 4.69) is 29.2 Å². The van der Waals surface area contributed by atoms with Gasteiger partial charge in [0.15, 0.2) is 0 Å². The van der Waals surface area contributed by atoms with Crippen molar-refractivity contribution in [1.82, 2.24) is 0 Å². The van der Waals surface area contributed by atoms with Crippen molar-refractivity contribution in [3.8, 4) is 0 Å². The molecule has 1 atom stereocenters. The van der Waals surface area contributed by atoms with E-state index in [0.717, 1.165) is 45.2 Å². The van der Waals surface area contributed by atoms with Gasteiger partial charge in [-0.05, 0) is 30.9 Å². The normalized spacial score (nSPS) is 26.0. The molecule has 3 N–H and O–H groups in total. The van der Waals surface area contributed by atoms with Crippen LogP contribution in [0.25, 0.3) is 0 Å². The van der Waals surface area contributed by atoms with Crippen LogP contribution in [0.5, 0.6) is 0 Å². The molecule has 0 amide bonds. The minimum Gasteiger partial charge on any atom is -0.388 e. The Labute approximate surface area is 115 Å². The number of anilines is 1. The van der Waals surface area contributed by atoms with Gasteiger partial charge in [0.1, 0.15) is 0 Å². The van der Waals surface area contributed by atoms with Crippen molar-refractivity contribution in [2.24, 2.45) is 5.73 Å². The summed E-state index contributed by atoms with van der Waals surface area (Å²) in [6.07, 6.45) is 6.38. The SMILES string of the molecule is NC1Cc2ccccc2N(CC2(O)CCCCC2)C1. The first kappa shape index (κ1) is 12.9. The lowest BCUT2D eigenvalue weighted by Gasteiger charge is -2.41. The number of rotatable bonds is 2. The first-order valence-electron chi connectivity index (χ1n) is 7.47. The fourth-order valence-electron chi connectivity index (χ4n) is 3.59. The maximum absolute atomic E-state index is 10.8. The molecule has 2 aliphatic rings. The molecule has 0 aromatic heterocycles. The van der Waals surface area contributed by atoms with Crippen molar-refractivity contribution < 1.29 is 5.11 Å². The van der Waals surface area contributed by atoms with E-state index in [4.69, 9.17) is 5.73 Å². The Morgan fingerprint density at radius 2 is 1.95 bits per heavy atom. The van der Waals surface area contributed by atoms with E-state index in [9.17, 15) is 5.11 Å². The Morgan fingerprint density at radius 3 is 2.74 bits per heavy atom. The van der Waals surface area contributed by atoms with Gasteiger partial charge in [0.05, 0.1) is 5.60 Å². The molecule has 0 saturated heterocycles. The molecule has 1 heterocycles. The van der Waals surface area contributed by atoms with Crippen LogP contribution in [0.4, 0.5) is 5.69 Å². The second-order valence-electron chi connectivity index (χ2n) is 6.26. The van der Waals surface area contributed by atoms with Crippen LogP contribution < -0.4 is 10.6 Å². The lowest BCUT2D eigenvalue weighted by molar-refractivity contribution is 0.0106. The van der Waals surface area contributed by atoms with Crippen molar-refractivity contribution in [1.29, 1.82) is 0 Å². The Kier molecular flexibility index (Phi) is 3.50. The van der Waals surface area contributed by atoms with Gasteiger partial charge in [0.25, 0.3) is 0 Å². The molecule has 3 nitrogen and oxygen atoms in total. The number of hydrogen-bond acceptors (Lipinski definition) is 3. The van der Waals surface area contributed by atoms with Gasteiger partial charge < -0.3 is 15.7 Å². The van der Waals surface area contributed by atoms with E-state index in [1.165, 1.54) is 17.7 Å². The van der Waals surface area contributed by atoms with Crippen molar-refractivity contribution in [3.63, 3.8) is 0 Å². The molecule has 19 heavy (non-hydrogen) atoms. The van der Waals surface area contributed by atoms with Crippen LogP contribution in [-0.2, 0) is 6.42 Å². The Balaban J connectivity index is 1.81. The third-order valence-electron chi connectivity index (χ3n) is 4.54. The van der Waals surface area contributed by atoms with Crippen molar-refractivity contribution in [3.05, 3.63) is 29.8 Å². The molecule has 3 heteroatoms. The van der Waals surface area contributed by atoms with E-state index in [-0.39, 0.29) is 6.04 Å². The minimum atomic E-state index is -0.511. The fourth-order valence-corrected chi connectivity index (χ4v) is 3.59. The molecule has 0 radical (unpaired) electrons. The summed E-state index contributed by atoms with van der Waals surface area (Å²) < 4.78 is 0. The van der Waals surface area contributed by atoms with E-state index in [1.807, 2.05) is 0 Å². The highest BCUT2D eigenvalue weighted by Gasteiger charge is 2.33. The number of fused-ring (bicyclic) bond motifs is 1. The summed E-state index contributed by atoms with van der Waals surface area (Å²) in [5.74, 6) is 0. The molecule has 1 aromatic rings. The molecule has 104 valence electrons. The predicted molar refractivity (Wildman–Crippen MR) is 78.4 cm³/mol. The number of hydrogen-bond donors (Lipinski definition) is 2. The monoisotopic (exact) mass is 260 g/mol. The summed E-state index contributed by atoms with van der Waals surface area (Å²) in [5.41, 5.74) is 8.24. The summed E-state index contributed by atoms with van der Waals surface area (Å²) in [5, 5.41) is 10.8. The van der Waals surface area contributed by atoms with Crippen molar-refractivity contribution >= 4 is 5.69 Å². The lowest BCUT2D eigenvalue weighted by atomic mass is 9.83. The van der Waals surface area contributed by atoms with Gasteiger partial charge in [0, 0.05) is 24.8 Å². The largest absolute Gasteiger partial charge is 0.388 e. The number of para-hydroxylation sites is 1. The van der Waals surface area contributed by atoms with E-state index in [1.54, 1.807) is 0 Å². The lowest BCUT2D eigenvalue weighted by Crippen LogP contribution is -2.51. The van der Waals surface area contributed by atoms with Crippen LogP contribution in [0.2, 0.25) is 0 Å². The fraction of sp³-hybridized carbons (Fsp3) is 0.625. The zero-order valence-corrected chi connectivity index (χ0v) is 11.5. The summed E-state index contributed by atoms with van der Waals surface area (Å²) in [7, 11) is 0. The molecule has 1 saturated carbocycles. The third-order valence-corrected chi connectivity index (χ3v) is 4.54. The number of benzene rings is 1. The predicted octanol–water partition coefficient (Wildman–Crippen LogP) is 2.07. The Morgan fingerprint density at radius 1 is 1.21 bits per heavy atom. The Bertz CT molecular complexity index is 440. The molecular weight excluding hydrogens is 236 g/mol. The topological polar surface area (TPSA) is 49.5 Å². The van der Waals surface area contributed by atoms with Gasteiger partial charge in [-0.25, -0.2) is 0 Å². The van der Waals surface area contributed by atoms with Crippen LogP contribution in [0.1, 0.15) is 37.7 Å². The van der Waals surface area contributed by atoms with Gasteiger partial charge >= 0.3 is 0 Å². The molecule has 3 rings (SSSR count). The van der Waals surface area contributed by atoms with Crippen molar-refractivity contribution in [2.45, 2.75) is 50.2 Å². The van der Waals surface area contributed by atoms with Gasteiger partial charge in [-0.1, -0.05) is 37.5 Å². The van der Waals surface area contributed by atoms with E-state index < -0.39 is 5.60 Å². The molecule has 1 unspecified atom stereocenters. The molecular formula is C16H24N2O. The average molecular weight is 260 g/mol. The standard InChI is InChI=1S/C16H24N2O/c17-14-10-13-6-2-3-7-15(13)18(11-14)12-16(19)8-4-1-5-9-16/h2-3,6-7,14,19H,1,4-5,8-12,17H2. The molecule has 1 aliphatic carbocycles. The van der Waals surface area contributed by atoms with Gasteiger partial charge in [0.2, 0.25) is 0 Å². The second kappa shape index (κ2) is 5.14. The molecule has 1 fully saturated rings. The van der Waals surface area contributed by atoms with Crippen LogP contribution in [0, 0.1) is 0 Å². The summed E-state index contributed by atoms with van der Waals surface area (Å²) in [6, 6.07) is 8.65. The summed E-state index contributed by atoms with van der Waals surface area (Å²) in [6.45, 7) is 1.59. The first-order chi connectivity index (χ1) is 9.16. The third kappa shape index (κ3) is 2.77. The molecule has 1 aliphatic heterocycles. The van der Waals surface area contributed by atoms with Gasteiger partial charge in [-0.15, -0.1) is 0 Å². The highest BCUT2D eigenvalue weighted by Crippen LogP contribution is 2.33. The zero-order chi connectivity index (χ0) is 13.3. The molecule has 1 aromatic carbocycles. The van der Waals surface area contributed by atoms with E-state index in [0.29, 0.717) is 0 Å². The number of aliphatic hydroxyl groups is 1. The number of nitrogens with zero attached hydrogens (tertiary/aromatic N) is 1. The second-order valence-corrected chi connectivity index (χ2v) is 6.26. The quantitative estimate of drug-likeness (QED) is 0.856. The number of β-amino-alcohol motifs (C(OH)–C–C–N with tert-alkyl or cyclic N) is 1. The average Bonchev–Trinajstić information content (AvgIpc) is 2.39. The summed E-state index contributed by atoms with van der Waals surface area (Å²) >= 11 is 0. The zero-order valence-electron chi connectivity index (χ0n) is 11.5. The minimum absolute atomic E-state index is 0.182. The first-order valence-corrected chi connectivity index (χ1v) is 7.47. The highest BCUT2D eigenvalue weighted by molar-refractivity contribution is 5.56. The van der Waals surface area contributed by atoms with Gasteiger partial charge in [-0.2, -0.15) is 0 Å². The summed E-state index contributed by atoms with van der Waals surface area (Å²) in [4.78, 5) is 2.30. The Hall–Kier alpha value is -1.06. The van der Waals surface area contributed by atoms with Crippen LogP contribution in [0.15, 0.2) is 24.3 Å². The van der Waals surface area contributed by atoms with E-state index >= 15 is 0 Å². The van der Waals surface area contributed by atoms with Crippen molar-refractivity contribution in [2.75, 3.05) is 18.0 Å². The van der Waals surface area contributed by atoms with Crippen LogP contribution in [-0.4, -0.2) is 29.8 Å². The molecule has 0 spiro atoms. The smallest absolute Gasteiger partial charge is 0.0821 e.